The average molecular weight is 289 g/mol. The van der Waals surface area contributed by atoms with Crippen LogP contribution in [0.3, 0.4) is 0 Å². The highest BCUT2D eigenvalue weighted by atomic mass is 32.2. The second-order valence-corrected chi connectivity index (χ2v) is 6.54. The maximum atomic E-state index is 5.97. The molecular formula is C15H19N3OS. The van der Waals surface area contributed by atoms with E-state index in [9.17, 15) is 0 Å². The van der Waals surface area contributed by atoms with Crippen LogP contribution in [0.1, 0.15) is 26.3 Å². The second kappa shape index (κ2) is 5.71. The van der Waals surface area contributed by atoms with Crippen molar-refractivity contribution >= 4 is 17.4 Å². The minimum atomic E-state index is 0.153. The third-order valence-corrected chi connectivity index (χ3v) is 3.97. The molecule has 0 radical (unpaired) electrons. The first-order valence-corrected chi connectivity index (χ1v) is 7.16. The monoisotopic (exact) mass is 289 g/mol. The van der Waals surface area contributed by atoms with Crippen molar-refractivity contribution in [3.8, 4) is 5.88 Å². The van der Waals surface area contributed by atoms with Gasteiger partial charge in [-0.15, -0.1) is 0 Å². The van der Waals surface area contributed by atoms with E-state index in [1.54, 1.807) is 7.11 Å². The van der Waals surface area contributed by atoms with Crippen LogP contribution in [0.2, 0.25) is 0 Å². The first-order valence-electron chi connectivity index (χ1n) is 6.34. The molecule has 2 rings (SSSR count). The summed E-state index contributed by atoms with van der Waals surface area (Å²) in [6.45, 7) is 6.59. The molecule has 20 heavy (non-hydrogen) atoms. The van der Waals surface area contributed by atoms with Crippen molar-refractivity contribution in [3.05, 3.63) is 36.2 Å². The zero-order valence-electron chi connectivity index (χ0n) is 12.2. The molecule has 0 bridgehead atoms. The fourth-order valence-corrected chi connectivity index (χ4v) is 2.54. The van der Waals surface area contributed by atoms with E-state index in [0.29, 0.717) is 16.6 Å². The number of nitrogens with two attached hydrogens (primary N) is 1. The highest BCUT2D eigenvalue weighted by molar-refractivity contribution is 7.99. The number of ether oxygens (including phenoxy) is 1. The van der Waals surface area contributed by atoms with Gasteiger partial charge in [0.1, 0.15) is 17.0 Å². The Bertz CT molecular complexity index is 591. The lowest BCUT2D eigenvalue weighted by Crippen LogP contribution is -2.10. The summed E-state index contributed by atoms with van der Waals surface area (Å²) >= 11 is 1.51. The molecule has 2 aromatic rings. The molecule has 2 N–H and O–H groups in total. The van der Waals surface area contributed by atoms with Gasteiger partial charge in [0.15, 0.2) is 0 Å². The van der Waals surface area contributed by atoms with Crippen molar-refractivity contribution in [1.29, 1.82) is 0 Å². The van der Waals surface area contributed by atoms with Gasteiger partial charge in [-0.25, -0.2) is 4.98 Å². The van der Waals surface area contributed by atoms with Gasteiger partial charge in [0.2, 0.25) is 5.88 Å². The number of aromatic nitrogens is 2. The third kappa shape index (κ3) is 3.22. The molecule has 0 aliphatic carbocycles. The molecule has 0 aliphatic heterocycles. The summed E-state index contributed by atoms with van der Waals surface area (Å²) < 4.78 is 5.10. The lowest BCUT2D eigenvalue weighted by atomic mass is 9.87. The van der Waals surface area contributed by atoms with Crippen LogP contribution in [0.25, 0.3) is 0 Å². The van der Waals surface area contributed by atoms with Crippen LogP contribution in [-0.4, -0.2) is 17.1 Å². The van der Waals surface area contributed by atoms with Crippen molar-refractivity contribution in [2.24, 2.45) is 0 Å². The minimum Gasteiger partial charge on any atom is -0.479 e. The highest BCUT2D eigenvalue weighted by Gasteiger charge is 2.14. The predicted octanol–water partition coefficient (Wildman–Crippen LogP) is 3.52. The number of hydrogen-bond donors (Lipinski definition) is 1. The second-order valence-electron chi connectivity index (χ2n) is 5.48. The van der Waals surface area contributed by atoms with Gasteiger partial charge in [0.25, 0.3) is 0 Å². The lowest BCUT2D eigenvalue weighted by Gasteiger charge is -2.19. The Hall–Kier alpha value is -1.75. The summed E-state index contributed by atoms with van der Waals surface area (Å²) in [5.74, 6) is 0.411. The van der Waals surface area contributed by atoms with Crippen LogP contribution >= 0.6 is 11.8 Å². The number of benzene rings is 1. The Labute approximate surface area is 123 Å². The van der Waals surface area contributed by atoms with Gasteiger partial charge in [0.05, 0.1) is 7.11 Å². The van der Waals surface area contributed by atoms with Crippen molar-refractivity contribution in [3.63, 3.8) is 0 Å². The van der Waals surface area contributed by atoms with E-state index in [2.05, 4.69) is 55.0 Å². The lowest BCUT2D eigenvalue weighted by molar-refractivity contribution is 0.397. The predicted molar refractivity (Wildman–Crippen MR) is 82.3 cm³/mol. The molecule has 0 saturated carbocycles. The molecule has 0 spiro atoms. The Balaban J connectivity index is 2.23. The first kappa shape index (κ1) is 14.7. The zero-order valence-corrected chi connectivity index (χ0v) is 13.0. The third-order valence-electron chi connectivity index (χ3n) is 2.94. The molecule has 0 unspecified atom stereocenters. The fraction of sp³-hybridized carbons (Fsp3) is 0.333. The van der Waals surface area contributed by atoms with Crippen LogP contribution in [0.4, 0.5) is 5.69 Å². The topological polar surface area (TPSA) is 61.0 Å². The summed E-state index contributed by atoms with van der Waals surface area (Å²) in [4.78, 5) is 9.26. The summed E-state index contributed by atoms with van der Waals surface area (Å²) in [6, 6.07) is 8.44. The average Bonchev–Trinajstić information content (AvgIpc) is 2.41. The molecule has 1 aromatic carbocycles. The van der Waals surface area contributed by atoms with Gasteiger partial charge in [-0.3, -0.25) is 0 Å². The number of methoxy groups -OCH3 is 1. The fourth-order valence-electron chi connectivity index (χ4n) is 1.74. The normalized spacial score (nSPS) is 11.4. The zero-order chi connectivity index (χ0) is 14.8. The van der Waals surface area contributed by atoms with E-state index >= 15 is 0 Å². The smallest absolute Gasteiger partial charge is 0.241 e. The van der Waals surface area contributed by atoms with E-state index < -0.39 is 0 Å². The summed E-state index contributed by atoms with van der Waals surface area (Å²) in [5, 5.41) is 0.709. The van der Waals surface area contributed by atoms with Gasteiger partial charge < -0.3 is 10.5 Å². The first-order chi connectivity index (χ1) is 9.41. The van der Waals surface area contributed by atoms with Gasteiger partial charge in [0, 0.05) is 4.90 Å². The number of hydrogen-bond acceptors (Lipinski definition) is 5. The number of nitrogens with zero attached hydrogens (tertiary/aromatic N) is 2. The molecule has 1 aromatic heterocycles. The molecule has 0 fully saturated rings. The molecule has 0 saturated heterocycles. The van der Waals surface area contributed by atoms with Crippen LogP contribution in [0, 0.1) is 0 Å². The van der Waals surface area contributed by atoms with E-state index in [4.69, 9.17) is 10.5 Å². The Morgan fingerprint density at radius 1 is 1.10 bits per heavy atom. The summed E-state index contributed by atoms with van der Waals surface area (Å²) in [6.07, 6.45) is 1.46. The Kier molecular flexibility index (Phi) is 4.18. The molecule has 4 nitrogen and oxygen atoms in total. The molecule has 0 atom stereocenters. The largest absolute Gasteiger partial charge is 0.479 e. The number of anilines is 1. The van der Waals surface area contributed by atoms with Crippen LogP contribution in [0.5, 0.6) is 5.88 Å². The summed E-state index contributed by atoms with van der Waals surface area (Å²) in [5.41, 5.74) is 7.90. The van der Waals surface area contributed by atoms with Gasteiger partial charge in [-0.2, -0.15) is 4.98 Å². The minimum absolute atomic E-state index is 0.153. The number of rotatable bonds is 3. The van der Waals surface area contributed by atoms with E-state index in [1.807, 2.05) is 0 Å². The molecule has 106 valence electrons. The Morgan fingerprint density at radius 2 is 1.75 bits per heavy atom. The van der Waals surface area contributed by atoms with Crippen molar-refractivity contribution in [2.75, 3.05) is 12.8 Å². The Morgan fingerprint density at radius 3 is 2.30 bits per heavy atom. The van der Waals surface area contributed by atoms with E-state index in [1.165, 1.54) is 23.7 Å². The maximum absolute atomic E-state index is 5.97. The van der Waals surface area contributed by atoms with Gasteiger partial charge >= 0.3 is 0 Å². The SMILES string of the molecule is COc1ncnc(Sc2ccc(C(C)(C)C)cc2)c1N. The van der Waals surface area contributed by atoms with E-state index in [-0.39, 0.29) is 5.41 Å². The van der Waals surface area contributed by atoms with Gasteiger partial charge in [-0.1, -0.05) is 44.7 Å². The van der Waals surface area contributed by atoms with E-state index in [0.717, 1.165) is 4.90 Å². The number of nitrogen functional groups attached to an aromatic ring is 1. The molecular weight excluding hydrogens is 270 g/mol. The van der Waals surface area contributed by atoms with Crippen molar-refractivity contribution in [1.82, 2.24) is 9.97 Å². The molecule has 1 heterocycles. The maximum Gasteiger partial charge on any atom is 0.241 e. The molecule has 5 heteroatoms. The van der Waals surface area contributed by atoms with Crippen molar-refractivity contribution in [2.45, 2.75) is 36.1 Å². The van der Waals surface area contributed by atoms with Crippen LogP contribution in [0.15, 0.2) is 40.5 Å². The van der Waals surface area contributed by atoms with Crippen LogP contribution in [-0.2, 0) is 5.41 Å². The van der Waals surface area contributed by atoms with Crippen molar-refractivity contribution < 1.29 is 4.74 Å². The molecule has 0 aliphatic rings. The molecule has 0 amide bonds. The van der Waals surface area contributed by atoms with Crippen LogP contribution < -0.4 is 10.5 Å². The quantitative estimate of drug-likeness (QED) is 0.876. The standard InChI is InChI=1S/C15H19N3OS/c1-15(2,3)10-5-7-11(8-6-10)20-14-12(16)13(19-4)17-9-18-14/h5-9H,16H2,1-4H3. The van der Waals surface area contributed by atoms with Gasteiger partial charge in [-0.05, 0) is 23.1 Å². The summed E-state index contributed by atoms with van der Waals surface area (Å²) in [7, 11) is 1.55. The highest BCUT2D eigenvalue weighted by Crippen LogP contribution is 2.34.